The summed E-state index contributed by atoms with van der Waals surface area (Å²) in [7, 11) is 0. The zero-order valence-electron chi connectivity index (χ0n) is 11.8. The number of hydrogen-bond acceptors (Lipinski definition) is 4. The number of halogens is 2. The van der Waals surface area contributed by atoms with Gasteiger partial charge in [0.1, 0.15) is 0 Å². The van der Waals surface area contributed by atoms with E-state index in [4.69, 9.17) is 17.3 Å². The molecule has 0 saturated carbocycles. The quantitative estimate of drug-likeness (QED) is 0.610. The summed E-state index contributed by atoms with van der Waals surface area (Å²) in [4.78, 5) is 26.9. The predicted octanol–water partition coefficient (Wildman–Crippen LogP) is 4.11. The number of nitrogens with zero attached hydrogens (tertiary/aromatic N) is 1. The Bertz CT molecular complexity index is 799. The molecule has 0 bridgehead atoms. The highest BCUT2D eigenvalue weighted by molar-refractivity contribution is 9.10. The van der Waals surface area contributed by atoms with E-state index in [0.717, 1.165) is 4.90 Å². The van der Waals surface area contributed by atoms with Crippen molar-refractivity contribution in [3.63, 3.8) is 0 Å². The Hall–Kier alpha value is -1.50. The lowest BCUT2D eigenvalue weighted by Crippen LogP contribution is -2.31. The van der Waals surface area contributed by atoms with Crippen LogP contribution >= 0.6 is 39.3 Å². The number of carbonyl (C=O) groups is 2. The first-order valence-corrected chi connectivity index (χ1v) is 8.85. The van der Waals surface area contributed by atoms with Gasteiger partial charge in [-0.15, -0.1) is 11.8 Å². The molecule has 0 aliphatic carbocycles. The second-order valence-electron chi connectivity index (χ2n) is 5.01. The Morgan fingerprint density at radius 2 is 1.96 bits per heavy atom. The molecule has 1 aliphatic rings. The maximum Gasteiger partial charge on any atom is 0.247 e. The SMILES string of the molecule is Nc1ccccc1S[C@@H]1CC(=O)N(c2ccc(Br)c(Cl)c2)C1=O. The number of amides is 2. The van der Waals surface area contributed by atoms with Crippen molar-refractivity contribution in [2.24, 2.45) is 0 Å². The molecule has 118 valence electrons. The molecule has 2 aromatic carbocycles. The van der Waals surface area contributed by atoms with Crippen LogP contribution in [0.4, 0.5) is 11.4 Å². The van der Waals surface area contributed by atoms with Gasteiger partial charge in [0.15, 0.2) is 0 Å². The molecule has 2 N–H and O–H groups in total. The van der Waals surface area contributed by atoms with E-state index in [9.17, 15) is 9.59 Å². The van der Waals surface area contributed by atoms with Crippen molar-refractivity contribution in [1.29, 1.82) is 0 Å². The van der Waals surface area contributed by atoms with Crippen molar-refractivity contribution < 1.29 is 9.59 Å². The van der Waals surface area contributed by atoms with Crippen LogP contribution in [0.15, 0.2) is 51.8 Å². The van der Waals surface area contributed by atoms with Crippen molar-refractivity contribution >= 4 is 62.5 Å². The van der Waals surface area contributed by atoms with Crippen LogP contribution in [0.5, 0.6) is 0 Å². The summed E-state index contributed by atoms with van der Waals surface area (Å²) in [5, 5.41) is -0.0267. The van der Waals surface area contributed by atoms with Gasteiger partial charge >= 0.3 is 0 Å². The molecule has 3 rings (SSSR count). The third-order valence-electron chi connectivity index (χ3n) is 3.45. The molecular weight excluding hydrogens is 400 g/mol. The minimum atomic E-state index is -0.477. The van der Waals surface area contributed by atoms with Crippen molar-refractivity contribution in [3.8, 4) is 0 Å². The van der Waals surface area contributed by atoms with Gasteiger partial charge in [0, 0.05) is 21.5 Å². The zero-order valence-corrected chi connectivity index (χ0v) is 15.0. The van der Waals surface area contributed by atoms with Gasteiger partial charge in [-0.1, -0.05) is 23.7 Å². The van der Waals surface area contributed by atoms with Gasteiger partial charge in [0.2, 0.25) is 11.8 Å². The zero-order chi connectivity index (χ0) is 16.6. The van der Waals surface area contributed by atoms with Gasteiger partial charge in [-0.05, 0) is 46.3 Å². The highest BCUT2D eigenvalue weighted by atomic mass is 79.9. The third-order valence-corrected chi connectivity index (χ3v) is 5.97. The number of imide groups is 1. The molecule has 2 amide bonds. The van der Waals surface area contributed by atoms with Crippen LogP contribution in [0.25, 0.3) is 0 Å². The van der Waals surface area contributed by atoms with E-state index >= 15 is 0 Å². The van der Waals surface area contributed by atoms with Crippen LogP contribution in [-0.2, 0) is 9.59 Å². The fourth-order valence-electron chi connectivity index (χ4n) is 2.33. The molecule has 0 spiro atoms. The number of hydrogen-bond donors (Lipinski definition) is 1. The molecule has 7 heteroatoms. The third kappa shape index (κ3) is 3.24. The molecule has 0 aromatic heterocycles. The van der Waals surface area contributed by atoms with Crippen LogP contribution in [-0.4, -0.2) is 17.1 Å². The summed E-state index contributed by atoms with van der Waals surface area (Å²) in [6, 6.07) is 12.3. The van der Waals surface area contributed by atoms with Crippen molar-refractivity contribution in [3.05, 3.63) is 52.0 Å². The summed E-state index contributed by atoms with van der Waals surface area (Å²) in [5.74, 6) is -0.484. The molecule has 1 aliphatic heterocycles. The van der Waals surface area contributed by atoms with Crippen molar-refractivity contribution in [2.75, 3.05) is 10.6 Å². The van der Waals surface area contributed by atoms with Crippen LogP contribution in [0.2, 0.25) is 5.02 Å². The maximum absolute atomic E-state index is 12.6. The summed E-state index contributed by atoms with van der Waals surface area (Å²) >= 11 is 10.7. The Labute approximate surface area is 151 Å². The minimum Gasteiger partial charge on any atom is -0.398 e. The topological polar surface area (TPSA) is 63.4 Å². The van der Waals surface area contributed by atoms with Gasteiger partial charge in [0.05, 0.1) is 16.0 Å². The maximum atomic E-state index is 12.6. The first-order chi connectivity index (χ1) is 11.0. The van der Waals surface area contributed by atoms with Crippen molar-refractivity contribution in [2.45, 2.75) is 16.6 Å². The number of thioether (sulfide) groups is 1. The molecule has 23 heavy (non-hydrogen) atoms. The van der Waals surface area contributed by atoms with E-state index in [2.05, 4.69) is 15.9 Å². The number of nitrogens with two attached hydrogens (primary N) is 1. The summed E-state index contributed by atoms with van der Waals surface area (Å²) in [6.07, 6.45) is 0.144. The fourth-order valence-corrected chi connectivity index (χ4v) is 3.85. The van der Waals surface area contributed by atoms with Gasteiger partial charge in [-0.2, -0.15) is 0 Å². The Kier molecular flexibility index (Phi) is 4.66. The van der Waals surface area contributed by atoms with E-state index in [1.165, 1.54) is 16.7 Å². The molecule has 1 heterocycles. The molecule has 0 radical (unpaired) electrons. The van der Waals surface area contributed by atoms with Crippen LogP contribution < -0.4 is 10.6 Å². The number of rotatable bonds is 3. The Morgan fingerprint density at radius 3 is 2.65 bits per heavy atom. The molecule has 2 aromatic rings. The van der Waals surface area contributed by atoms with E-state index in [1.807, 2.05) is 18.2 Å². The van der Waals surface area contributed by atoms with E-state index in [-0.39, 0.29) is 18.2 Å². The van der Waals surface area contributed by atoms with Gasteiger partial charge < -0.3 is 5.73 Å². The van der Waals surface area contributed by atoms with E-state index < -0.39 is 5.25 Å². The van der Waals surface area contributed by atoms with Gasteiger partial charge in [-0.25, -0.2) is 4.90 Å². The number of para-hydroxylation sites is 1. The summed E-state index contributed by atoms with van der Waals surface area (Å²) < 4.78 is 0.713. The number of anilines is 2. The van der Waals surface area contributed by atoms with Crippen LogP contribution in [0, 0.1) is 0 Å². The second-order valence-corrected chi connectivity index (χ2v) is 7.52. The summed E-state index contributed by atoms with van der Waals surface area (Å²) in [6.45, 7) is 0. The van der Waals surface area contributed by atoms with Crippen LogP contribution in [0.3, 0.4) is 0 Å². The van der Waals surface area contributed by atoms with Gasteiger partial charge in [-0.3, -0.25) is 9.59 Å². The minimum absolute atomic E-state index is 0.144. The average Bonchev–Trinajstić information content (AvgIpc) is 2.79. The van der Waals surface area contributed by atoms with Crippen LogP contribution in [0.1, 0.15) is 6.42 Å². The van der Waals surface area contributed by atoms with E-state index in [1.54, 1.807) is 24.3 Å². The monoisotopic (exact) mass is 410 g/mol. The largest absolute Gasteiger partial charge is 0.398 e. The second kappa shape index (κ2) is 6.55. The molecule has 0 unspecified atom stereocenters. The fraction of sp³-hybridized carbons (Fsp3) is 0.125. The standard InChI is InChI=1S/C16H12BrClN2O2S/c17-10-6-5-9(7-11(10)18)20-15(21)8-14(16(20)22)23-13-4-2-1-3-12(13)19/h1-7,14H,8,19H2/t14-/m1/s1. The highest BCUT2D eigenvalue weighted by Gasteiger charge is 2.40. The predicted molar refractivity (Wildman–Crippen MR) is 96.8 cm³/mol. The molecular formula is C16H12BrClN2O2S. The average molecular weight is 412 g/mol. The van der Waals surface area contributed by atoms with E-state index in [0.29, 0.717) is 20.9 Å². The molecule has 1 atom stereocenters. The first-order valence-electron chi connectivity index (χ1n) is 6.80. The lowest BCUT2D eigenvalue weighted by molar-refractivity contribution is -0.121. The number of benzene rings is 2. The normalized spacial score (nSPS) is 17.8. The first kappa shape index (κ1) is 16.4. The Balaban J connectivity index is 1.85. The van der Waals surface area contributed by atoms with Crippen molar-refractivity contribution in [1.82, 2.24) is 0 Å². The number of nitrogen functional groups attached to an aromatic ring is 1. The Morgan fingerprint density at radius 1 is 1.22 bits per heavy atom. The lowest BCUT2D eigenvalue weighted by atomic mass is 10.3. The smallest absolute Gasteiger partial charge is 0.247 e. The molecule has 1 saturated heterocycles. The van der Waals surface area contributed by atoms with Gasteiger partial charge in [0.25, 0.3) is 0 Å². The lowest BCUT2D eigenvalue weighted by Gasteiger charge is -2.16. The number of carbonyl (C=O) groups excluding carboxylic acids is 2. The summed E-state index contributed by atoms with van der Waals surface area (Å²) in [5.41, 5.74) is 6.99. The highest BCUT2D eigenvalue weighted by Crippen LogP contribution is 2.37. The molecule has 4 nitrogen and oxygen atoms in total. The molecule has 1 fully saturated rings.